The number of thiocarbonyl (C=S) groups is 1. The van der Waals surface area contributed by atoms with Crippen LogP contribution in [0.2, 0.25) is 0 Å². The standard InChI is InChI=1S/C20H28N2S/c1-18-8-15-9-19(2,11-18)13-20(10-15,12-18)14-21-17(23)22-16-6-4-3-5-7-16/h3-7,15H,8-14H2,1-2H3,(H2,21,22,23). The van der Waals surface area contributed by atoms with Gasteiger partial charge in [-0.2, -0.15) is 0 Å². The third-order valence-electron chi connectivity index (χ3n) is 6.40. The average molecular weight is 329 g/mol. The molecule has 23 heavy (non-hydrogen) atoms. The third-order valence-corrected chi connectivity index (χ3v) is 6.64. The topological polar surface area (TPSA) is 24.1 Å². The third kappa shape index (κ3) is 3.00. The Hall–Kier alpha value is -1.09. The summed E-state index contributed by atoms with van der Waals surface area (Å²) in [6.07, 6.45) is 8.51. The van der Waals surface area contributed by atoms with Gasteiger partial charge in [0.25, 0.3) is 0 Å². The smallest absolute Gasteiger partial charge is 0.170 e. The molecule has 2 unspecified atom stereocenters. The normalized spacial score (nSPS) is 40.9. The maximum Gasteiger partial charge on any atom is 0.170 e. The first kappa shape index (κ1) is 15.4. The molecule has 4 aliphatic rings. The second kappa shape index (κ2) is 5.20. The van der Waals surface area contributed by atoms with E-state index in [1.54, 1.807) is 0 Å². The Morgan fingerprint density at radius 2 is 1.70 bits per heavy atom. The van der Waals surface area contributed by atoms with Crippen molar-refractivity contribution < 1.29 is 0 Å². The summed E-state index contributed by atoms with van der Waals surface area (Å²) >= 11 is 5.52. The molecule has 124 valence electrons. The highest BCUT2D eigenvalue weighted by Gasteiger charge is 2.59. The molecule has 0 aliphatic heterocycles. The number of hydrogen-bond acceptors (Lipinski definition) is 1. The molecule has 1 aromatic rings. The lowest BCUT2D eigenvalue weighted by Crippen LogP contribution is -2.58. The van der Waals surface area contributed by atoms with Gasteiger partial charge in [0.15, 0.2) is 5.11 Å². The lowest BCUT2D eigenvalue weighted by atomic mass is 9.40. The lowest BCUT2D eigenvalue weighted by Gasteiger charge is -2.65. The molecule has 4 bridgehead atoms. The summed E-state index contributed by atoms with van der Waals surface area (Å²) in [6, 6.07) is 10.2. The van der Waals surface area contributed by atoms with Crippen molar-refractivity contribution in [3.8, 4) is 0 Å². The number of para-hydroxylation sites is 1. The van der Waals surface area contributed by atoms with Gasteiger partial charge in [-0.3, -0.25) is 0 Å². The molecular weight excluding hydrogens is 300 g/mol. The van der Waals surface area contributed by atoms with Crippen molar-refractivity contribution in [1.82, 2.24) is 5.32 Å². The van der Waals surface area contributed by atoms with Crippen LogP contribution < -0.4 is 10.6 Å². The van der Waals surface area contributed by atoms with E-state index in [0.29, 0.717) is 16.2 Å². The first-order chi connectivity index (χ1) is 10.9. The van der Waals surface area contributed by atoms with Crippen molar-refractivity contribution in [3.05, 3.63) is 30.3 Å². The largest absolute Gasteiger partial charge is 0.362 e. The van der Waals surface area contributed by atoms with Crippen molar-refractivity contribution in [2.45, 2.75) is 52.4 Å². The van der Waals surface area contributed by atoms with Gasteiger partial charge < -0.3 is 10.6 Å². The molecule has 0 aromatic heterocycles. The van der Waals surface area contributed by atoms with Crippen molar-refractivity contribution >= 4 is 23.0 Å². The Morgan fingerprint density at radius 1 is 1.04 bits per heavy atom. The summed E-state index contributed by atoms with van der Waals surface area (Å²) in [6.45, 7) is 6.10. The number of benzene rings is 1. The Morgan fingerprint density at radius 3 is 2.30 bits per heavy atom. The zero-order valence-corrected chi connectivity index (χ0v) is 15.1. The minimum Gasteiger partial charge on any atom is -0.362 e. The van der Waals surface area contributed by atoms with E-state index in [0.717, 1.165) is 23.3 Å². The molecule has 0 amide bonds. The van der Waals surface area contributed by atoms with Gasteiger partial charge in [-0.1, -0.05) is 32.0 Å². The van der Waals surface area contributed by atoms with E-state index in [1.807, 2.05) is 18.2 Å². The second-order valence-electron chi connectivity index (χ2n) is 9.30. The summed E-state index contributed by atoms with van der Waals surface area (Å²) in [4.78, 5) is 0. The molecule has 2 nitrogen and oxygen atoms in total. The van der Waals surface area contributed by atoms with Crippen molar-refractivity contribution in [1.29, 1.82) is 0 Å². The van der Waals surface area contributed by atoms with Crippen LogP contribution in [-0.2, 0) is 0 Å². The molecule has 3 heteroatoms. The highest BCUT2D eigenvalue weighted by Crippen LogP contribution is 2.69. The van der Waals surface area contributed by atoms with Crippen LogP contribution in [0.15, 0.2) is 30.3 Å². The molecule has 1 aromatic carbocycles. The van der Waals surface area contributed by atoms with E-state index < -0.39 is 0 Å². The first-order valence-electron chi connectivity index (χ1n) is 8.98. The average Bonchev–Trinajstić information content (AvgIpc) is 2.42. The maximum atomic E-state index is 5.52. The second-order valence-corrected chi connectivity index (χ2v) is 9.71. The summed E-state index contributed by atoms with van der Waals surface area (Å²) in [5, 5.41) is 7.62. The molecule has 0 heterocycles. The molecule has 0 saturated heterocycles. The van der Waals surface area contributed by atoms with Gasteiger partial charge in [0.05, 0.1) is 0 Å². The van der Waals surface area contributed by atoms with Gasteiger partial charge in [-0.25, -0.2) is 0 Å². The van der Waals surface area contributed by atoms with E-state index in [4.69, 9.17) is 12.2 Å². The molecular formula is C20H28N2S. The zero-order valence-electron chi connectivity index (χ0n) is 14.3. The summed E-state index contributed by atoms with van der Waals surface area (Å²) in [5.74, 6) is 0.943. The minimum absolute atomic E-state index is 0.464. The molecule has 2 N–H and O–H groups in total. The zero-order chi connectivity index (χ0) is 16.1. The van der Waals surface area contributed by atoms with Gasteiger partial charge in [0, 0.05) is 12.2 Å². The van der Waals surface area contributed by atoms with Crippen molar-refractivity contribution in [2.75, 3.05) is 11.9 Å². The minimum atomic E-state index is 0.464. The number of nitrogens with one attached hydrogen (secondary N) is 2. The molecule has 4 aliphatic carbocycles. The number of hydrogen-bond donors (Lipinski definition) is 2. The van der Waals surface area contributed by atoms with Gasteiger partial charge in [0.2, 0.25) is 0 Å². The Kier molecular flexibility index (Phi) is 3.49. The molecule has 2 atom stereocenters. The van der Waals surface area contributed by atoms with E-state index in [2.05, 4.69) is 36.6 Å². The van der Waals surface area contributed by atoms with Crippen LogP contribution in [0.1, 0.15) is 52.4 Å². The Balaban J connectivity index is 1.42. The molecule has 4 saturated carbocycles. The summed E-state index contributed by atoms with van der Waals surface area (Å²) in [5.41, 5.74) is 2.68. The van der Waals surface area contributed by atoms with Crippen LogP contribution in [0.25, 0.3) is 0 Å². The highest BCUT2D eigenvalue weighted by atomic mass is 32.1. The Bertz CT molecular complexity index is 593. The predicted octanol–water partition coefficient (Wildman–Crippen LogP) is 4.97. The summed E-state index contributed by atoms with van der Waals surface area (Å²) < 4.78 is 0. The monoisotopic (exact) mass is 328 g/mol. The fourth-order valence-corrected chi connectivity index (χ4v) is 7.04. The predicted molar refractivity (Wildman–Crippen MR) is 101 cm³/mol. The van der Waals surface area contributed by atoms with E-state index in [9.17, 15) is 0 Å². The van der Waals surface area contributed by atoms with Crippen LogP contribution in [0.4, 0.5) is 5.69 Å². The van der Waals surface area contributed by atoms with Crippen LogP contribution in [-0.4, -0.2) is 11.7 Å². The number of anilines is 1. The quantitative estimate of drug-likeness (QED) is 0.766. The van der Waals surface area contributed by atoms with E-state index in [-0.39, 0.29) is 0 Å². The van der Waals surface area contributed by atoms with Crippen LogP contribution >= 0.6 is 12.2 Å². The van der Waals surface area contributed by atoms with Crippen molar-refractivity contribution in [3.63, 3.8) is 0 Å². The lowest BCUT2D eigenvalue weighted by molar-refractivity contribution is -0.141. The van der Waals surface area contributed by atoms with E-state index in [1.165, 1.54) is 38.5 Å². The fraction of sp³-hybridized carbons (Fsp3) is 0.650. The first-order valence-corrected chi connectivity index (χ1v) is 9.39. The van der Waals surface area contributed by atoms with Gasteiger partial charge in [-0.15, -0.1) is 0 Å². The molecule has 0 radical (unpaired) electrons. The fourth-order valence-electron chi connectivity index (χ4n) is 6.85. The molecule has 5 rings (SSSR count). The van der Waals surface area contributed by atoms with Gasteiger partial charge >= 0.3 is 0 Å². The van der Waals surface area contributed by atoms with Crippen LogP contribution in [0, 0.1) is 22.2 Å². The molecule has 0 spiro atoms. The van der Waals surface area contributed by atoms with Crippen LogP contribution in [0.5, 0.6) is 0 Å². The van der Waals surface area contributed by atoms with Crippen molar-refractivity contribution in [2.24, 2.45) is 22.2 Å². The van der Waals surface area contributed by atoms with Gasteiger partial charge in [-0.05, 0) is 85.0 Å². The highest BCUT2D eigenvalue weighted by molar-refractivity contribution is 7.80. The maximum absolute atomic E-state index is 5.52. The van der Waals surface area contributed by atoms with Gasteiger partial charge in [0.1, 0.15) is 0 Å². The number of rotatable bonds is 3. The summed E-state index contributed by atoms with van der Waals surface area (Å²) in [7, 11) is 0. The SMILES string of the molecule is CC12CC3CC(C)(C1)CC(CNC(=S)Nc1ccccc1)(C3)C2. The molecule has 4 fully saturated rings. The Labute approximate surface area is 145 Å². The van der Waals surface area contributed by atoms with E-state index >= 15 is 0 Å². The van der Waals surface area contributed by atoms with Crippen LogP contribution in [0.3, 0.4) is 0 Å².